The van der Waals surface area contributed by atoms with E-state index < -0.39 is 0 Å². The SMILES string of the molecule is N#C[C@H]1C[C@H](c2ccccc2)c2sc(=O)[nH]c2S1. The van der Waals surface area contributed by atoms with E-state index in [-0.39, 0.29) is 16.0 Å². The molecule has 5 heteroatoms. The Balaban J connectivity index is 2.09. The molecule has 0 fully saturated rings. The molecule has 2 aromatic rings. The first-order chi connectivity index (χ1) is 8.78. The van der Waals surface area contributed by atoms with Gasteiger partial charge in [-0.05, 0) is 12.0 Å². The van der Waals surface area contributed by atoms with Crippen molar-refractivity contribution in [2.45, 2.75) is 22.6 Å². The number of aromatic amines is 1. The summed E-state index contributed by atoms with van der Waals surface area (Å²) in [5.41, 5.74) is 1.18. The Morgan fingerprint density at radius 2 is 2.11 bits per heavy atom. The summed E-state index contributed by atoms with van der Waals surface area (Å²) in [7, 11) is 0. The van der Waals surface area contributed by atoms with E-state index in [1.165, 1.54) is 28.7 Å². The minimum atomic E-state index is -0.0899. The van der Waals surface area contributed by atoms with Crippen molar-refractivity contribution in [1.29, 1.82) is 5.26 Å². The Bertz CT molecular complexity index is 654. The van der Waals surface area contributed by atoms with E-state index in [9.17, 15) is 4.79 Å². The molecule has 0 spiro atoms. The van der Waals surface area contributed by atoms with Gasteiger partial charge >= 0.3 is 4.87 Å². The molecule has 0 saturated heterocycles. The number of hydrogen-bond donors (Lipinski definition) is 1. The van der Waals surface area contributed by atoms with Crippen molar-refractivity contribution < 1.29 is 0 Å². The second kappa shape index (κ2) is 4.63. The molecule has 0 radical (unpaired) electrons. The Morgan fingerprint density at radius 3 is 2.83 bits per heavy atom. The number of thiazole rings is 1. The third-order valence-electron chi connectivity index (χ3n) is 3.01. The average Bonchev–Trinajstić information content (AvgIpc) is 2.78. The van der Waals surface area contributed by atoms with Gasteiger partial charge in [-0.1, -0.05) is 53.4 Å². The fraction of sp³-hybridized carbons (Fsp3) is 0.231. The summed E-state index contributed by atoms with van der Waals surface area (Å²) in [4.78, 5) is 15.4. The fourth-order valence-electron chi connectivity index (χ4n) is 2.21. The van der Waals surface area contributed by atoms with Crippen LogP contribution in [0.4, 0.5) is 0 Å². The van der Waals surface area contributed by atoms with Gasteiger partial charge in [-0.2, -0.15) is 5.26 Å². The van der Waals surface area contributed by atoms with E-state index in [0.29, 0.717) is 0 Å². The van der Waals surface area contributed by atoms with Crippen molar-refractivity contribution in [2.24, 2.45) is 0 Å². The predicted molar refractivity (Wildman–Crippen MR) is 73.1 cm³/mol. The van der Waals surface area contributed by atoms with Crippen molar-refractivity contribution in [2.75, 3.05) is 0 Å². The van der Waals surface area contributed by atoms with Gasteiger partial charge in [0, 0.05) is 10.8 Å². The van der Waals surface area contributed by atoms with Gasteiger partial charge in [0.05, 0.1) is 16.3 Å². The van der Waals surface area contributed by atoms with E-state index in [1.54, 1.807) is 0 Å². The van der Waals surface area contributed by atoms with Crippen LogP contribution >= 0.6 is 23.1 Å². The van der Waals surface area contributed by atoms with Crippen LogP contribution in [0.5, 0.6) is 0 Å². The number of benzene rings is 1. The number of H-pyrrole nitrogens is 1. The minimum Gasteiger partial charge on any atom is -0.307 e. The molecule has 1 aromatic heterocycles. The van der Waals surface area contributed by atoms with Gasteiger partial charge in [0.15, 0.2) is 0 Å². The van der Waals surface area contributed by atoms with Crippen LogP contribution in [0.25, 0.3) is 0 Å². The maximum absolute atomic E-state index is 11.5. The highest BCUT2D eigenvalue weighted by atomic mass is 32.2. The molecule has 0 aliphatic carbocycles. The molecular weight excluding hydrogens is 264 g/mol. The second-order valence-electron chi connectivity index (χ2n) is 4.14. The molecule has 1 aromatic carbocycles. The van der Waals surface area contributed by atoms with Crippen molar-refractivity contribution in [3.05, 3.63) is 50.4 Å². The van der Waals surface area contributed by atoms with Crippen LogP contribution in [0, 0.1) is 11.3 Å². The molecule has 0 bridgehead atoms. The molecule has 2 heterocycles. The third-order valence-corrected chi connectivity index (χ3v) is 5.28. The van der Waals surface area contributed by atoms with Crippen molar-refractivity contribution in [3.8, 4) is 6.07 Å². The van der Waals surface area contributed by atoms with Crippen LogP contribution in [0.3, 0.4) is 0 Å². The van der Waals surface area contributed by atoms with E-state index in [0.717, 1.165) is 16.3 Å². The summed E-state index contributed by atoms with van der Waals surface area (Å²) in [5, 5.41) is 9.91. The summed E-state index contributed by atoms with van der Waals surface area (Å²) in [6.07, 6.45) is 0.770. The molecule has 1 N–H and O–H groups in total. The van der Waals surface area contributed by atoms with Gasteiger partial charge in [0.25, 0.3) is 0 Å². The number of aromatic nitrogens is 1. The molecule has 18 heavy (non-hydrogen) atoms. The molecule has 1 aliphatic heterocycles. The van der Waals surface area contributed by atoms with E-state index >= 15 is 0 Å². The lowest BCUT2D eigenvalue weighted by Crippen LogP contribution is -2.14. The number of fused-ring (bicyclic) bond motifs is 1. The zero-order valence-corrected chi connectivity index (χ0v) is 11.1. The maximum atomic E-state index is 11.5. The average molecular weight is 274 g/mol. The van der Waals surface area contributed by atoms with E-state index in [4.69, 9.17) is 5.26 Å². The largest absolute Gasteiger partial charge is 0.307 e. The zero-order valence-electron chi connectivity index (χ0n) is 9.42. The smallest absolute Gasteiger partial charge is 0.305 e. The van der Waals surface area contributed by atoms with Gasteiger partial charge in [-0.25, -0.2) is 0 Å². The summed E-state index contributed by atoms with van der Waals surface area (Å²) in [6, 6.07) is 12.4. The zero-order chi connectivity index (χ0) is 12.5. The standard InChI is InChI=1S/C13H10N2OS2/c14-7-9-6-10(8-4-2-1-3-5-8)11-12(17-9)15-13(16)18-11/h1-5,9-10H,6H2,(H,15,16)/t9-,10-/m1/s1. The number of nitrogens with zero attached hydrogens (tertiary/aromatic N) is 1. The van der Waals surface area contributed by atoms with E-state index in [2.05, 4.69) is 23.2 Å². The van der Waals surface area contributed by atoms with Crippen LogP contribution in [-0.2, 0) is 0 Å². The summed E-state index contributed by atoms with van der Waals surface area (Å²) in [5.74, 6) is 0.163. The fourth-order valence-corrected chi connectivity index (χ4v) is 4.45. The Morgan fingerprint density at radius 1 is 1.33 bits per heavy atom. The Hall–Kier alpha value is -1.51. The van der Waals surface area contributed by atoms with E-state index in [1.807, 2.05) is 18.2 Å². The normalized spacial score (nSPS) is 22.2. The van der Waals surface area contributed by atoms with Crippen LogP contribution < -0.4 is 4.87 Å². The van der Waals surface area contributed by atoms with Crippen LogP contribution in [0.2, 0.25) is 0 Å². The van der Waals surface area contributed by atoms with Crippen molar-refractivity contribution in [1.82, 2.24) is 4.98 Å². The second-order valence-corrected chi connectivity index (χ2v) is 6.37. The number of rotatable bonds is 1. The quantitative estimate of drug-likeness (QED) is 0.869. The number of thioether (sulfide) groups is 1. The van der Waals surface area contributed by atoms with Gasteiger partial charge < -0.3 is 4.98 Å². The van der Waals surface area contributed by atoms with Crippen molar-refractivity contribution >= 4 is 23.1 Å². The first-order valence-electron chi connectivity index (χ1n) is 5.62. The minimum absolute atomic E-state index is 0.0352. The molecule has 3 nitrogen and oxygen atoms in total. The third kappa shape index (κ3) is 1.98. The number of hydrogen-bond acceptors (Lipinski definition) is 4. The molecule has 0 saturated carbocycles. The first kappa shape index (κ1) is 11.6. The van der Waals surface area contributed by atoms with Gasteiger partial charge in [0.1, 0.15) is 0 Å². The van der Waals surface area contributed by atoms with Crippen LogP contribution in [-0.4, -0.2) is 10.2 Å². The topological polar surface area (TPSA) is 56.6 Å². The van der Waals surface area contributed by atoms with Gasteiger partial charge in [-0.3, -0.25) is 4.79 Å². The molecule has 0 unspecified atom stereocenters. The summed E-state index contributed by atoms with van der Waals surface area (Å²) < 4.78 is 0. The lowest BCUT2D eigenvalue weighted by atomic mass is 9.93. The predicted octanol–water partition coefficient (Wildman–Crippen LogP) is 2.96. The first-order valence-corrected chi connectivity index (χ1v) is 7.32. The van der Waals surface area contributed by atoms with Crippen LogP contribution in [0.15, 0.2) is 40.2 Å². The maximum Gasteiger partial charge on any atom is 0.305 e. The highest BCUT2D eigenvalue weighted by Crippen LogP contribution is 2.44. The molecule has 3 rings (SSSR count). The van der Waals surface area contributed by atoms with Gasteiger partial charge in [-0.15, -0.1) is 0 Å². The Kier molecular flexibility index (Phi) is 2.98. The van der Waals surface area contributed by atoms with Gasteiger partial charge in [0.2, 0.25) is 0 Å². The molecule has 2 atom stereocenters. The summed E-state index contributed by atoms with van der Waals surface area (Å²) in [6.45, 7) is 0. The lowest BCUT2D eigenvalue weighted by Gasteiger charge is -2.24. The highest BCUT2D eigenvalue weighted by Gasteiger charge is 2.31. The molecular formula is C13H10N2OS2. The number of nitrogens with one attached hydrogen (secondary N) is 1. The highest BCUT2D eigenvalue weighted by molar-refractivity contribution is 8.00. The monoisotopic (exact) mass is 274 g/mol. The molecule has 1 aliphatic rings. The summed E-state index contributed by atoms with van der Waals surface area (Å²) >= 11 is 2.73. The lowest BCUT2D eigenvalue weighted by molar-refractivity contribution is 0.720. The Labute approximate surface area is 112 Å². The van der Waals surface area contributed by atoms with Crippen molar-refractivity contribution in [3.63, 3.8) is 0 Å². The molecule has 0 amide bonds. The molecule has 90 valence electrons. The number of nitriles is 1. The van der Waals surface area contributed by atoms with Crippen LogP contribution in [0.1, 0.15) is 22.8 Å².